The molecule has 0 aromatic heterocycles. The van der Waals surface area contributed by atoms with Gasteiger partial charge < -0.3 is 24.8 Å². The molecule has 1 saturated heterocycles. The Labute approximate surface area is 117 Å². The van der Waals surface area contributed by atoms with Gasteiger partial charge in [-0.05, 0) is 38.9 Å². The van der Waals surface area contributed by atoms with Crippen LogP contribution in [0.3, 0.4) is 0 Å². The molecule has 0 aromatic rings. The van der Waals surface area contributed by atoms with Crippen molar-refractivity contribution in [2.75, 3.05) is 59.2 Å². The number of ether oxygens (including phenoxy) is 2. The minimum Gasteiger partial charge on any atom is -0.389 e. The highest BCUT2D eigenvalue weighted by molar-refractivity contribution is 4.76. The summed E-state index contributed by atoms with van der Waals surface area (Å²) in [5.41, 5.74) is 0. The molecule has 0 amide bonds. The quantitative estimate of drug-likeness (QED) is 0.532. The molecule has 5 heteroatoms. The van der Waals surface area contributed by atoms with E-state index >= 15 is 0 Å². The van der Waals surface area contributed by atoms with Crippen molar-refractivity contribution >= 4 is 0 Å². The Morgan fingerprint density at radius 3 is 2.79 bits per heavy atom. The van der Waals surface area contributed by atoms with E-state index in [2.05, 4.69) is 17.1 Å². The van der Waals surface area contributed by atoms with Gasteiger partial charge in [-0.3, -0.25) is 0 Å². The maximum Gasteiger partial charge on any atom is 0.0897 e. The smallest absolute Gasteiger partial charge is 0.0897 e. The van der Waals surface area contributed by atoms with Crippen LogP contribution in [0.15, 0.2) is 0 Å². The number of nitrogens with one attached hydrogen (secondary N) is 1. The second-order valence-electron chi connectivity index (χ2n) is 5.13. The number of likely N-dealkylation sites (tertiary alicyclic amines) is 1. The zero-order chi connectivity index (χ0) is 13.9. The second-order valence-corrected chi connectivity index (χ2v) is 5.13. The van der Waals surface area contributed by atoms with Crippen LogP contribution in [-0.4, -0.2) is 75.3 Å². The van der Waals surface area contributed by atoms with E-state index in [1.54, 1.807) is 0 Å². The Bertz CT molecular complexity index is 217. The highest BCUT2D eigenvalue weighted by atomic mass is 16.5. The number of aliphatic hydroxyl groups excluding tert-OH is 1. The van der Waals surface area contributed by atoms with Gasteiger partial charge in [0.05, 0.1) is 25.9 Å². The van der Waals surface area contributed by atoms with Crippen LogP contribution in [0.25, 0.3) is 0 Å². The molecule has 19 heavy (non-hydrogen) atoms. The van der Waals surface area contributed by atoms with Gasteiger partial charge in [0.1, 0.15) is 0 Å². The van der Waals surface area contributed by atoms with Gasteiger partial charge in [0.15, 0.2) is 0 Å². The molecule has 1 aliphatic heterocycles. The third-order valence-electron chi connectivity index (χ3n) is 3.52. The molecule has 5 nitrogen and oxygen atoms in total. The van der Waals surface area contributed by atoms with Crippen molar-refractivity contribution in [2.24, 2.45) is 5.92 Å². The minimum atomic E-state index is -0.426. The Morgan fingerprint density at radius 2 is 2.11 bits per heavy atom. The molecule has 1 aliphatic rings. The topological polar surface area (TPSA) is 54.0 Å². The lowest BCUT2D eigenvalue weighted by Gasteiger charge is -2.16. The van der Waals surface area contributed by atoms with Crippen LogP contribution in [-0.2, 0) is 9.47 Å². The number of aliphatic hydroxyl groups is 1. The molecule has 0 bridgehead atoms. The highest BCUT2D eigenvalue weighted by Gasteiger charge is 2.20. The molecule has 0 saturated carbocycles. The van der Waals surface area contributed by atoms with Crippen LogP contribution in [0.5, 0.6) is 0 Å². The van der Waals surface area contributed by atoms with Crippen LogP contribution in [0.1, 0.15) is 20.3 Å². The van der Waals surface area contributed by atoms with Crippen molar-refractivity contribution in [3.63, 3.8) is 0 Å². The summed E-state index contributed by atoms with van der Waals surface area (Å²) >= 11 is 0. The lowest BCUT2D eigenvalue weighted by molar-refractivity contribution is 0.00633. The van der Waals surface area contributed by atoms with Gasteiger partial charge in [-0.25, -0.2) is 0 Å². The summed E-state index contributed by atoms with van der Waals surface area (Å²) in [6.45, 7) is 11.6. The highest BCUT2D eigenvalue weighted by Crippen LogP contribution is 2.14. The molecule has 0 aliphatic carbocycles. The molecule has 1 heterocycles. The summed E-state index contributed by atoms with van der Waals surface area (Å²) in [6.07, 6.45) is 0.840. The minimum absolute atomic E-state index is 0.381. The first-order chi connectivity index (χ1) is 9.26. The fourth-order valence-corrected chi connectivity index (χ4v) is 2.36. The van der Waals surface area contributed by atoms with E-state index in [-0.39, 0.29) is 0 Å². The Hall–Kier alpha value is -0.200. The average Bonchev–Trinajstić information content (AvgIpc) is 2.86. The van der Waals surface area contributed by atoms with E-state index in [4.69, 9.17) is 9.47 Å². The van der Waals surface area contributed by atoms with E-state index in [0.29, 0.717) is 33.0 Å². The predicted octanol–water partition coefficient (Wildman–Crippen LogP) is 0.332. The summed E-state index contributed by atoms with van der Waals surface area (Å²) in [4.78, 5) is 2.47. The molecular weight excluding hydrogens is 244 g/mol. The van der Waals surface area contributed by atoms with Gasteiger partial charge in [0.25, 0.3) is 0 Å². The first-order valence-electron chi connectivity index (χ1n) is 7.52. The molecule has 114 valence electrons. The van der Waals surface area contributed by atoms with Gasteiger partial charge in [-0.2, -0.15) is 0 Å². The van der Waals surface area contributed by atoms with E-state index in [0.717, 1.165) is 19.0 Å². The summed E-state index contributed by atoms with van der Waals surface area (Å²) in [7, 11) is 0. The third-order valence-corrected chi connectivity index (χ3v) is 3.52. The molecule has 0 radical (unpaired) electrons. The number of nitrogens with zero attached hydrogens (tertiary/aromatic N) is 1. The third kappa shape index (κ3) is 7.84. The largest absolute Gasteiger partial charge is 0.389 e. The summed E-state index contributed by atoms with van der Waals surface area (Å²) in [5, 5.41) is 13.1. The van der Waals surface area contributed by atoms with Crippen LogP contribution in [0.4, 0.5) is 0 Å². The van der Waals surface area contributed by atoms with Crippen LogP contribution in [0.2, 0.25) is 0 Å². The average molecular weight is 274 g/mol. The molecule has 0 spiro atoms. The maximum atomic E-state index is 9.74. The predicted molar refractivity (Wildman–Crippen MR) is 76.4 cm³/mol. The fourth-order valence-electron chi connectivity index (χ4n) is 2.36. The molecular formula is C14H30N2O3. The molecule has 0 aromatic carbocycles. The molecule has 1 rings (SSSR count). The van der Waals surface area contributed by atoms with Crippen LogP contribution < -0.4 is 5.32 Å². The molecule has 2 unspecified atom stereocenters. The number of rotatable bonds is 11. The van der Waals surface area contributed by atoms with E-state index in [1.165, 1.54) is 19.5 Å². The Morgan fingerprint density at radius 1 is 1.32 bits per heavy atom. The first kappa shape index (κ1) is 16.9. The molecule has 2 atom stereocenters. The van der Waals surface area contributed by atoms with Gasteiger partial charge >= 0.3 is 0 Å². The van der Waals surface area contributed by atoms with Crippen molar-refractivity contribution in [3.05, 3.63) is 0 Å². The summed E-state index contributed by atoms with van der Waals surface area (Å²) < 4.78 is 10.5. The van der Waals surface area contributed by atoms with Gasteiger partial charge in [-0.1, -0.05) is 6.92 Å². The van der Waals surface area contributed by atoms with Gasteiger partial charge in [0, 0.05) is 19.7 Å². The molecule has 2 N–H and O–H groups in total. The lowest BCUT2D eigenvalue weighted by Crippen LogP contribution is -2.34. The Kier molecular flexibility index (Phi) is 9.38. The Balaban J connectivity index is 1.91. The van der Waals surface area contributed by atoms with Gasteiger partial charge in [-0.15, -0.1) is 0 Å². The first-order valence-corrected chi connectivity index (χ1v) is 7.52. The SMILES string of the molecule is CCOCCOCC(O)CNCC1CCN(CC)C1. The summed E-state index contributed by atoms with van der Waals surface area (Å²) in [6, 6.07) is 0. The van der Waals surface area contributed by atoms with Crippen molar-refractivity contribution in [3.8, 4) is 0 Å². The van der Waals surface area contributed by atoms with Crippen LogP contribution >= 0.6 is 0 Å². The fraction of sp³-hybridized carbons (Fsp3) is 1.00. The standard InChI is InChI=1S/C14H30N2O3/c1-3-16-6-5-13(11-16)9-15-10-14(17)12-19-8-7-18-4-2/h13-15,17H,3-12H2,1-2H3. The summed E-state index contributed by atoms with van der Waals surface area (Å²) in [5.74, 6) is 0.728. The number of hydrogen-bond donors (Lipinski definition) is 2. The lowest BCUT2D eigenvalue weighted by atomic mass is 10.1. The maximum absolute atomic E-state index is 9.74. The monoisotopic (exact) mass is 274 g/mol. The van der Waals surface area contributed by atoms with E-state index < -0.39 is 6.10 Å². The van der Waals surface area contributed by atoms with E-state index in [9.17, 15) is 5.11 Å². The normalized spacial score (nSPS) is 21.9. The van der Waals surface area contributed by atoms with Crippen molar-refractivity contribution in [1.29, 1.82) is 0 Å². The van der Waals surface area contributed by atoms with Crippen molar-refractivity contribution < 1.29 is 14.6 Å². The van der Waals surface area contributed by atoms with Gasteiger partial charge in [0.2, 0.25) is 0 Å². The van der Waals surface area contributed by atoms with Crippen molar-refractivity contribution in [2.45, 2.75) is 26.4 Å². The van der Waals surface area contributed by atoms with E-state index in [1.807, 2.05) is 6.92 Å². The zero-order valence-electron chi connectivity index (χ0n) is 12.4. The number of hydrogen-bond acceptors (Lipinski definition) is 5. The van der Waals surface area contributed by atoms with Crippen molar-refractivity contribution in [1.82, 2.24) is 10.2 Å². The second kappa shape index (κ2) is 10.6. The zero-order valence-corrected chi connectivity index (χ0v) is 12.4. The molecule has 1 fully saturated rings. The van der Waals surface area contributed by atoms with Crippen LogP contribution in [0, 0.1) is 5.92 Å².